The summed E-state index contributed by atoms with van der Waals surface area (Å²) in [6.45, 7) is 6.85. The van der Waals surface area contributed by atoms with Crippen molar-refractivity contribution in [3.8, 4) is 0 Å². The van der Waals surface area contributed by atoms with Gasteiger partial charge in [-0.1, -0.05) is 37.7 Å². The normalized spacial score (nSPS) is 11.1. The third-order valence-corrected chi connectivity index (χ3v) is 4.06. The van der Waals surface area contributed by atoms with Crippen LogP contribution in [0.5, 0.6) is 0 Å². The van der Waals surface area contributed by atoms with E-state index in [0.717, 1.165) is 5.52 Å². The number of rotatable bonds is 6. The summed E-state index contributed by atoms with van der Waals surface area (Å²) in [5.74, 6) is 0.990. The summed E-state index contributed by atoms with van der Waals surface area (Å²) in [7, 11) is 0. The Morgan fingerprint density at radius 2 is 2.09 bits per heavy atom. The molecule has 1 aromatic heterocycles. The van der Waals surface area contributed by atoms with Gasteiger partial charge in [-0.05, 0) is 18.1 Å². The highest BCUT2D eigenvalue weighted by molar-refractivity contribution is 7.99. The summed E-state index contributed by atoms with van der Waals surface area (Å²) in [6, 6.07) is 7.41. The Bertz CT molecular complexity index is 725. The van der Waals surface area contributed by atoms with Crippen LogP contribution in [-0.4, -0.2) is 27.8 Å². The Morgan fingerprint density at radius 1 is 1.36 bits per heavy atom. The molecule has 2 rings (SSSR count). The van der Waals surface area contributed by atoms with Crippen LogP contribution in [0.3, 0.4) is 0 Å². The highest BCUT2D eigenvalue weighted by atomic mass is 32.2. The lowest BCUT2D eigenvalue weighted by Crippen LogP contribution is -2.26. The quantitative estimate of drug-likeness (QED) is 0.504. The van der Waals surface area contributed by atoms with Crippen molar-refractivity contribution in [2.75, 3.05) is 12.3 Å². The average molecular weight is 319 g/mol. The highest BCUT2D eigenvalue weighted by Crippen LogP contribution is 2.18. The minimum atomic E-state index is -0.0494. The molecular weight excluding hydrogens is 298 g/mol. The van der Waals surface area contributed by atoms with Crippen molar-refractivity contribution in [3.63, 3.8) is 0 Å². The number of nitrogens with one attached hydrogen (secondary N) is 1. The number of carbonyl (C=O) groups excluding carboxylic acids is 1. The lowest BCUT2D eigenvalue weighted by Gasteiger charge is -2.14. The summed E-state index contributed by atoms with van der Waals surface area (Å²) in [6.07, 6.45) is 0. The first-order valence-electron chi connectivity index (χ1n) is 7.36. The van der Waals surface area contributed by atoms with Crippen LogP contribution in [0.4, 0.5) is 0 Å². The minimum absolute atomic E-state index is 0.00123. The Balaban J connectivity index is 2.33. The fourth-order valence-electron chi connectivity index (χ4n) is 2.15. The third kappa shape index (κ3) is 4.10. The van der Waals surface area contributed by atoms with Gasteiger partial charge in [-0.2, -0.15) is 0 Å². The van der Waals surface area contributed by atoms with Gasteiger partial charge in [-0.3, -0.25) is 14.2 Å². The molecule has 0 unspecified atom stereocenters. The monoisotopic (exact) mass is 319 g/mol. The molecule has 0 fully saturated rings. The number of fused-ring (bicyclic) bond motifs is 1. The minimum Gasteiger partial charge on any atom is -0.356 e. The fraction of sp³-hybridized carbons (Fsp3) is 0.438. The van der Waals surface area contributed by atoms with Crippen LogP contribution >= 0.6 is 11.8 Å². The lowest BCUT2D eigenvalue weighted by molar-refractivity contribution is -0.118. The molecule has 2 aromatic rings. The molecular formula is C16H21N3O2S. The van der Waals surface area contributed by atoms with Crippen LogP contribution in [0.1, 0.15) is 20.8 Å². The molecule has 0 bridgehead atoms. The number of benzene rings is 1. The molecule has 0 saturated carbocycles. The molecule has 0 aliphatic carbocycles. The van der Waals surface area contributed by atoms with E-state index < -0.39 is 0 Å². The van der Waals surface area contributed by atoms with Crippen molar-refractivity contribution in [3.05, 3.63) is 34.6 Å². The number of amides is 1. The molecule has 1 heterocycles. The first-order chi connectivity index (χ1) is 10.5. The highest BCUT2D eigenvalue weighted by Gasteiger charge is 2.12. The van der Waals surface area contributed by atoms with Gasteiger partial charge in [0.1, 0.15) is 0 Å². The van der Waals surface area contributed by atoms with E-state index in [9.17, 15) is 9.59 Å². The van der Waals surface area contributed by atoms with Crippen LogP contribution in [0.15, 0.2) is 34.2 Å². The Hall–Kier alpha value is -1.82. The zero-order chi connectivity index (χ0) is 16.1. The number of hydrogen-bond donors (Lipinski definition) is 1. The van der Waals surface area contributed by atoms with Gasteiger partial charge in [0.25, 0.3) is 5.56 Å². The van der Waals surface area contributed by atoms with Crippen LogP contribution < -0.4 is 10.9 Å². The largest absolute Gasteiger partial charge is 0.356 e. The van der Waals surface area contributed by atoms with E-state index in [1.807, 2.05) is 24.3 Å². The van der Waals surface area contributed by atoms with Gasteiger partial charge < -0.3 is 5.32 Å². The van der Waals surface area contributed by atoms with Crippen LogP contribution in [0, 0.1) is 5.92 Å². The van der Waals surface area contributed by atoms with E-state index in [1.54, 1.807) is 4.57 Å². The maximum Gasteiger partial charge on any atom is 0.262 e. The number of nitrogens with zero attached hydrogens (tertiary/aromatic N) is 2. The smallest absolute Gasteiger partial charge is 0.262 e. The summed E-state index contributed by atoms with van der Waals surface area (Å²) in [4.78, 5) is 28.2. The van der Waals surface area contributed by atoms with Crippen LogP contribution in [0.2, 0.25) is 0 Å². The molecule has 1 amide bonds. The van der Waals surface area contributed by atoms with Crippen molar-refractivity contribution in [1.29, 1.82) is 0 Å². The van der Waals surface area contributed by atoms with Gasteiger partial charge in [0.2, 0.25) is 5.91 Å². The molecule has 6 heteroatoms. The van der Waals surface area contributed by atoms with Crippen molar-refractivity contribution >= 4 is 28.6 Å². The molecule has 1 aromatic carbocycles. The van der Waals surface area contributed by atoms with Crippen molar-refractivity contribution < 1.29 is 4.79 Å². The standard InChI is InChI=1S/C16H21N3O2S/c1-11(2)10-19-15(21)13-6-4-5-7-14(13)18-16(19)22-9-8-17-12(3)20/h4-7,11H,8-10H2,1-3H3,(H,17,20). The second kappa shape index (κ2) is 7.45. The van der Waals surface area contributed by atoms with Gasteiger partial charge >= 0.3 is 0 Å². The number of thioether (sulfide) groups is 1. The van der Waals surface area contributed by atoms with Crippen molar-refractivity contribution in [2.45, 2.75) is 32.5 Å². The van der Waals surface area contributed by atoms with Crippen LogP contribution in [0.25, 0.3) is 10.9 Å². The zero-order valence-corrected chi connectivity index (χ0v) is 13.9. The van der Waals surface area contributed by atoms with Gasteiger partial charge in [0, 0.05) is 25.8 Å². The molecule has 0 radical (unpaired) electrons. The number of carbonyl (C=O) groups is 1. The average Bonchev–Trinajstić information content (AvgIpc) is 2.46. The molecule has 0 atom stereocenters. The maximum absolute atomic E-state index is 12.7. The zero-order valence-electron chi connectivity index (χ0n) is 13.1. The number of aromatic nitrogens is 2. The third-order valence-electron chi connectivity index (χ3n) is 3.08. The fourth-order valence-corrected chi connectivity index (χ4v) is 3.02. The molecule has 0 spiro atoms. The summed E-state index contributed by atoms with van der Waals surface area (Å²) in [5.41, 5.74) is 0.718. The second-order valence-electron chi connectivity index (χ2n) is 5.55. The van der Waals surface area contributed by atoms with E-state index in [2.05, 4.69) is 24.1 Å². The van der Waals surface area contributed by atoms with Gasteiger partial charge in [0.15, 0.2) is 5.16 Å². The summed E-state index contributed by atoms with van der Waals surface area (Å²) < 4.78 is 1.74. The van der Waals surface area contributed by atoms with Crippen LogP contribution in [-0.2, 0) is 11.3 Å². The first-order valence-corrected chi connectivity index (χ1v) is 8.34. The van der Waals surface area contributed by atoms with Crippen molar-refractivity contribution in [2.24, 2.45) is 5.92 Å². The maximum atomic E-state index is 12.7. The molecule has 5 nitrogen and oxygen atoms in total. The van der Waals surface area contributed by atoms with Gasteiger partial charge in [-0.15, -0.1) is 0 Å². The Kier molecular flexibility index (Phi) is 5.60. The molecule has 0 saturated heterocycles. The predicted molar refractivity (Wildman–Crippen MR) is 90.2 cm³/mol. The van der Waals surface area contributed by atoms with Gasteiger partial charge in [0.05, 0.1) is 10.9 Å². The molecule has 118 valence electrons. The second-order valence-corrected chi connectivity index (χ2v) is 6.61. The number of para-hydroxylation sites is 1. The summed E-state index contributed by atoms with van der Waals surface area (Å²) in [5, 5.41) is 4.11. The SMILES string of the molecule is CC(=O)NCCSc1nc2ccccc2c(=O)n1CC(C)C. The predicted octanol–water partition coefficient (Wildman–Crippen LogP) is 2.28. The van der Waals surface area contributed by atoms with Crippen molar-refractivity contribution in [1.82, 2.24) is 14.9 Å². The first kappa shape index (κ1) is 16.5. The Labute approximate surface area is 134 Å². The molecule has 22 heavy (non-hydrogen) atoms. The van der Waals surface area contributed by atoms with E-state index in [1.165, 1.54) is 18.7 Å². The van der Waals surface area contributed by atoms with E-state index >= 15 is 0 Å². The number of hydrogen-bond acceptors (Lipinski definition) is 4. The Morgan fingerprint density at radius 3 is 2.77 bits per heavy atom. The lowest BCUT2D eigenvalue weighted by atomic mass is 10.2. The summed E-state index contributed by atoms with van der Waals surface area (Å²) >= 11 is 1.50. The molecule has 0 aliphatic heterocycles. The van der Waals surface area contributed by atoms with E-state index in [4.69, 9.17) is 0 Å². The topological polar surface area (TPSA) is 64.0 Å². The molecule has 0 aliphatic rings. The van der Waals surface area contributed by atoms with E-state index in [-0.39, 0.29) is 11.5 Å². The van der Waals surface area contributed by atoms with Gasteiger partial charge in [-0.25, -0.2) is 4.98 Å². The van der Waals surface area contributed by atoms with E-state index in [0.29, 0.717) is 35.3 Å². The molecule has 1 N–H and O–H groups in total.